The maximum Gasteiger partial charge on any atom is 0.267 e. The van der Waals surface area contributed by atoms with Gasteiger partial charge in [-0.15, -0.1) is 0 Å². The standard InChI is InChI=1S/C25H26F2N4O4.C2H6/c26-20-11-19(12-21(27)13-20)23-4-5-24(33)31(29-23)15-17-2-1-3-18(10-17)25(34)28-14-22(32)16-30-6-8-35-9-7-30;1-2/h1-5,10-13,22,32H,6-9,14-16H2,(H,28,34);1-2H3. The van der Waals surface area contributed by atoms with E-state index in [1.807, 2.05) is 13.8 Å². The molecule has 3 aromatic rings. The van der Waals surface area contributed by atoms with Crippen molar-refractivity contribution in [3.8, 4) is 11.3 Å². The molecule has 198 valence electrons. The van der Waals surface area contributed by atoms with Crippen LogP contribution in [-0.4, -0.2) is 71.2 Å². The molecule has 0 saturated carbocycles. The summed E-state index contributed by atoms with van der Waals surface area (Å²) in [6.07, 6.45) is -0.710. The third kappa shape index (κ3) is 8.28. The Kier molecular flexibility index (Phi) is 10.4. The molecule has 8 nitrogen and oxygen atoms in total. The number of hydrogen-bond donors (Lipinski definition) is 2. The number of morpholine rings is 1. The monoisotopic (exact) mass is 514 g/mol. The van der Waals surface area contributed by atoms with E-state index < -0.39 is 23.3 Å². The van der Waals surface area contributed by atoms with Crippen molar-refractivity contribution in [1.29, 1.82) is 0 Å². The lowest BCUT2D eigenvalue weighted by atomic mass is 10.1. The number of β-amino-alcohol motifs (C(OH)–C–C–N with tert-alkyl or cyclic N) is 1. The van der Waals surface area contributed by atoms with Crippen LogP contribution in [0.25, 0.3) is 11.3 Å². The molecule has 1 atom stereocenters. The molecule has 1 fully saturated rings. The van der Waals surface area contributed by atoms with Crippen molar-refractivity contribution in [2.75, 3.05) is 39.4 Å². The van der Waals surface area contributed by atoms with Crippen molar-refractivity contribution >= 4 is 5.91 Å². The zero-order chi connectivity index (χ0) is 26.8. The molecule has 0 spiro atoms. The van der Waals surface area contributed by atoms with Crippen LogP contribution in [0.5, 0.6) is 0 Å². The van der Waals surface area contributed by atoms with Gasteiger partial charge in [0.05, 0.1) is 31.6 Å². The van der Waals surface area contributed by atoms with Gasteiger partial charge >= 0.3 is 0 Å². The van der Waals surface area contributed by atoms with Crippen molar-refractivity contribution < 1.29 is 23.4 Å². The lowest BCUT2D eigenvalue weighted by Gasteiger charge is -2.28. The van der Waals surface area contributed by atoms with Gasteiger partial charge in [-0.25, -0.2) is 13.5 Å². The van der Waals surface area contributed by atoms with E-state index in [1.54, 1.807) is 24.3 Å². The van der Waals surface area contributed by atoms with Crippen LogP contribution in [0, 0.1) is 11.6 Å². The quantitative estimate of drug-likeness (QED) is 0.480. The number of halogens is 2. The van der Waals surface area contributed by atoms with Gasteiger partial charge in [0.15, 0.2) is 0 Å². The number of rotatable bonds is 8. The fourth-order valence-electron chi connectivity index (χ4n) is 3.86. The Morgan fingerprint density at radius 2 is 1.78 bits per heavy atom. The van der Waals surface area contributed by atoms with Crippen LogP contribution in [0.15, 0.2) is 59.4 Å². The summed E-state index contributed by atoms with van der Waals surface area (Å²) in [6, 6.07) is 12.4. The highest BCUT2D eigenvalue weighted by Crippen LogP contribution is 2.19. The Bertz CT molecular complexity index is 1220. The number of nitrogens with one attached hydrogen (secondary N) is 1. The van der Waals surface area contributed by atoms with Gasteiger partial charge in [0.2, 0.25) is 0 Å². The minimum Gasteiger partial charge on any atom is -0.390 e. The molecular formula is C27H32F2N4O4. The predicted octanol–water partition coefficient (Wildman–Crippen LogP) is 2.69. The third-order valence-corrected chi connectivity index (χ3v) is 5.62. The molecule has 0 aliphatic carbocycles. The molecule has 1 aromatic heterocycles. The summed E-state index contributed by atoms with van der Waals surface area (Å²) < 4.78 is 33.6. The normalized spacial score (nSPS) is 14.4. The Balaban J connectivity index is 0.00000186. The summed E-state index contributed by atoms with van der Waals surface area (Å²) in [5.74, 6) is -1.83. The van der Waals surface area contributed by atoms with Crippen LogP contribution in [0.4, 0.5) is 8.78 Å². The van der Waals surface area contributed by atoms with E-state index in [0.717, 1.165) is 31.3 Å². The molecule has 2 heterocycles. The van der Waals surface area contributed by atoms with E-state index in [1.165, 1.54) is 16.8 Å². The first-order chi connectivity index (χ1) is 17.9. The summed E-state index contributed by atoms with van der Waals surface area (Å²) in [4.78, 5) is 27.0. The lowest BCUT2D eigenvalue weighted by molar-refractivity contribution is 0.0149. The number of ether oxygens (including phenoxy) is 1. The van der Waals surface area contributed by atoms with Gasteiger partial charge in [0, 0.05) is 49.4 Å². The van der Waals surface area contributed by atoms with Gasteiger partial charge in [0.25, 0.3) is 11.5 Å². The largest absolute Gasteiger partial charge is 0.390 e. The second-order valence-electron chi connectivity index (χ2n) is 8.35. The molecule has 1 unspecified atom stereocenters. The fourth-order valence-corrected chi connectivity index (χ4v) is 3.86. The van der Waals surface area contributed by atoms with Gasteiger partial charge in [-0.1, -0.05) is 26.0 Å². The lowest BCUT2D eigenvalue weighted by Crippen LogP contribution is -2.44. The zero-order valence-electron chi connectivity index (χ0n) is 21.0. The van der Waals surface area contributed by atoms with E-state index in [2.05, 4.69) is 15.3 Å². The number of hydrogen-bond acceptors (Lipinski definition) is 6. The van der Waals surface area contributed by atoms with Gasteiger partial charge in [-0.2, -0.15) is 5.10 Å². The first-order valence-electron chi connectivity index (χ1n) is 12.3. The summed E-state index contributed by atoms with van der Waals surface area (Å²) in [5.41, 5.74) is 1.07. The number of carbonyl (C=O) groups is 1. The Labute approximate surface area is 214 Å². The maximum atomic E-state index is 13.6. The Morgan fingerprint density at radius 1 is 1.08 bits per heavy atom. The maximum absolute atomic E-state index is 13.6. The van der Waals surface area contributed by atoms with Crippen LogP contribution in [0.1, 0.15) is 29.8 Å². The SMILES string of the molecule is CC.O=C(NCC(O)CN1CCOCC1)c1cccc(Cn2nc(-c3cc(F)cc(F)c3)ccc2=O)c1. The van der Waals surface area contributed by atoms with E-state index in [0.29, 0.717) is 30.9 Å². The second-order valence-corrected chi connectivity index (χ2v) is 8.35. The molecule has 1 aliphatic heterocycles. The number of aliphatic hydroxyl groups is 1. The highest BCUT2D eigenvalue weighted by atomic mass is 19.1. The van der Waals surface area contributed by atoms with E-state index >= 15 is 0 Å². The first-order valence-corrected chi connectivity index (χ1v) is 12.3. The Morgan fingerprint density at radius 3 is 2.49 bits per heavy atom. The van der Waals surface area contributed by atoms with Gasteiger partial charge in [-0.3, -0.25) is 14.5 Å². The highest BCUT2D eigenvalue weighted by Gasteiger charge is 2.16. The number of benzene rings is 2. The molecule has 2 aromatic carbocycles. The summed E-state index contributed by atoms with van der Waals surface area (Å²) in [6.45, 7) is 7.37. The molecule has 1 aliphatic rings. The van der Waals surface area contributed by atoms with Crippen LogP contribution >= 0.6 is 0 Å². The minimum atomic E-state index is -0.742. The van der Waals surface area contributed by atoms with Crippen LogP contribution in [-0.2, 0) is 11.3 Å². The molecule has 0 radical (unpaired) electrons. The topological polar surface area (TPSA) is 96.7 Å². The summed E-state index contributed by atoms with van der Waals surface area (Å²) in [5, 5.41) is 17.2. The van der Waals surface area contributed by atoms with E-state index in [-0.39, 0.29) is 30.3 Å². The number of aliphatic hydroxyl groups excluding tert-OH is 1. The molecular weight excluding hydrogens is 482 g/mol. The average Bonchev–Trinajstić information content (AvgIpc) is 2.90. The van der Waals surface area contributed by atoms with Gasteiger partial charge < -0.3 is 15.2 Å². The van der Waals surface area contributed by atoms with Crippen LogP contribution in [0.3, 0.4) is 0 Å². The summed E-state index contributed by atoms with van der Waals surface area (Å²) >= 11 is 0. The van der Waals surface area contributed by atoms with Crippen molar-refractivity contribution in [3.05, 3.63) is 87.7 Å². The number of aromatic nitrogens is 2. The van der Waals surface area contributed by atoms with Crippen molar-refractivity contribution in [3.63, 3.8) is 0 Å². The zero-order valence-corrected chi connectivity index (χ0v) is 21.0. The van der Waals surface area contributed by atoms with Crippen molar-refractivity contribution in [2.24, 2.45) is 0 Å². The molecule has 37 heavy (non-hydrogen) atoms. The third-order valence-electron chi connectivity index (χ3n) is 5.62. The number of amides is 1. The van der Waals surface area contributed by atoms with E-state index in [9.17, 15) is 23.5 Å². The summed E-state index contributed by atoms with van der Waals surface area (Å²) in [7, 11) is 0. The molecule has 0 bridgehead atoms. The van der Waals surface area contributed by atoms with Crippen molar-refractivity contribution in [1.82, 2.24) is 20.0 Å². The van der Waals surface area contributed by atoms with Crippen molar-refractivity contribution in [2.45, 2.75) is 26.5 Å². The smallest absolute Gasteiger partial charge is 0.267 e. The molecule has 10 heteroatoms. The van der Waals surface area contributed by atoms with Crippen LogP contribution in [0.2, 0.25) is 0 Å². The van der Waals surface area contributed by atoms with Gasteiger partial charge in [-0.05, 0) is 35.9 Å². The Hall–Kier alpha value is -3.47. The minimum absolute atomic E-state index is 0.0608. The average molecular weight is 515 g/mol. The first kappa shape index (κ1) is 28.1. The van der Waals surface area contributed by atoms with Gasteiger partial charge in [0.1, 0.15) is 11.6 Å². The molecule has 1 saturated heterocycles. The fraction of sp³-hybridized carbons (Fsp3) is 0.370. The molecule has 2 N–H and O–H groups in total. The number of nitrogens with zero attached hydrogens (tertiary/aromatic N) is 3. The highest BCUT2D eigenvalue weighted by molar-refractivity contribution is 5.94. The molecule has 4 rings (SSSR count). The molecule has 1 amide bonds. The van der Waals surface area contributed by atoms with Crippen LogP contribution < -0.4 is 10.9 Å². The number of carbonyl (C=O) groups excluding carboxylic acids is 1. The van der Waals surface area contributed by atoms with E-state index in [4.69, 9.17) is 4.74 Å². The predicted molar refractivity (Wildman–Crippen MR) is 136 cm³/mol. The second kappa shape index (κ2) is 13.7.